The predicted octanol–water partition coefficient (Wildman–Crippen LogP) is 1.26. The molecule has 2 atom stereocenters. The minimum Gasteiger partial charge on any atom is -0.362 e. The number of hydrogen-bond donors (Lipinski definition) is 1. The summed E-state index contributed by atoms with van der Waals surface area (Å²) < 4.78 is 38.5. The monoisotopic (exact) mass is 236 g/mol. The van der Waals surface area contributed by atoms with Crippen LogP contribution >= 0.6 is 0 Å². The van der Waals surface area contributed by atoms with Crippen molar-refractivity contribution < 1.29 is 23.1 Å². The Kier molecular flexibility index (Phi) is 2.45. The standard InChI is InChI=1S/C9H11F3N2O2/c10-9(11,12)8(16)6-3-1-2-4-7(6)13-14(8)5-15/h5-6,16H,1-4H2/t6-,8+/m0/s1. The molecule has 1 N–H and O–H groups in total. The van der Waals surface area contributed by atoms with Gasteiger partial charge in [-0.25, -0.2) is 0 Å². The Morgan fingerprint density at radius 1 is 1.50 bits per heavy atom. The van der Waals surface area contributed by atoms with Crippen molar-refractivity contribution in [3.63, 3.8) is 0 Å². The number of hydrogen-bond acceptors (Lipinski definition) is 3. The fraction of sp³-hybridized carbons (Fsp3) is 0.778. The average Bonchev–Trinajstić information content (AvgIpc) is 2.53. The van der Waals surface area contributed by atoms with Crippen LogP contribution in [-0.4, -0.2) is 34.1 Å². The second-order valence-electron chi connectivity index (χ2n) is 4.06. The first-order valence-electron chi connectivity index (χ1n) is 5.02. The maximum Gasteiger partial charge on any atom is 0.439 e. The molecule has 2 rings (SSSR count). The van der Waals surface area contributed by atoms with Crippen LogP contribution in [0.3, 0.4) is 0 Å². The van der Waals surface area contributed by atoms with Gasteiger partial charge in [0.1, 0.15) is 0 Å². The van der Waals surface area contributed by atoms with E-state index in [2.05, 4.69) is 5.10 Å². The molecule has 4 nitrogen and oxygen atoms in total. The van der Waals surface area contributed by atoms with Crippen LogP contribution in [0.1, 0.15) is 25.7 Å². The Balaban J connectivity index is 2.41. The number of carbonyl (C=O) groups excluding carboxylic acids is 1. The molecule has 0 bridgehead atoms. The van der Waals surface area contributed by atoms with Gasteiger partial charge in [0, 0.05) is 5.71 Å². The molecular formula is C9H11F3N2O2. The van der Waals surface area contributed by atoms with E-state index in [1.165, 1.54) is 0 Å². The van der Waals surface area contributed by atoms with Gasteiger partial charge >= 0.3 is 6.18 Å². The van der Waals surface area contributed by atoms with E-state index in [0.29, 0.717) is 12.8 Å². The summed E-state index contributed by atoms with van der Waals surface area (Å²) in [6.45, 7) is 0. The van der Waals surface area contributed by atoms with Crippen LogP contribution in [0.2, 0.25) is 0 Å². The highest BCUT2D eigenvalue weighted by Crippen LogP contribution is 2.47. The molecule has 0 aromatic heterocycles. The molecule has 2 aliphatic rings. The number of aliphatic hydroxyl groups is 1. The lowest BCUT2D eigenvalue weighted by molar-refractivity contribution is -0.314. The van der Waals surface area contributed by atoms with Gasteiger partial charge in [-0.15, -0.1) is 0 Å². The van der Waals surface area contributed by atoms with Gasteiger partial charge in [0.25, 0.3) is 5.72 Å². The normalized spacial score (nSPS) is 34.6. The van der Waals surface area contributed by atoms with Crippen molar-refractivity contribution in [3.05, 3.63) is 0 Å². The molecule has 7 heteroatoms. The van der Waals surface area contributed by atoms with Crippen molar-refractivity contribution in [2.75, 3.05) is 0 Å². The molecule has 0 aromatic rings. The number of amides is 1. The minimum absolute atomic E-state index is 0.0706. The van der Waals surface area contributed by atoms with E-state index in [4.69, 9.17) is 0 Å². The number of carbonyl (C=O) groups is 1. The number of hydrazone groups is 1. The summed E-state index contributed by atoms with van der Waals surface area (Å²) in [5, 5.41) is 13.4. The Hall–Kier alpha value is -1.11. The van der Waals surface area contributed by atoms with Crippen LogP contribution in [0, 0.1) is 5.92 Å². The van der Waals surface area contributed by atoms with Crippen molar-refractivity contribution in [2.24, 2.45) is 11.0 Å². The van der Waals surface area contributed by atoms with Crippen molar-refractivity contribution in [3.8, 4) is 0 Å². The van der Waals surface area contributed by atoms with Gasteiger partial charge in [-0.2, -0.15) is 23.3 Å². The molecule has 1 aliphatic carbocycles. The summed E-state index contributed by atoms with van der Waals surface area (Å²) in [6, 6.07) is 0. The molecule has 0 unspecified atom stereocenters. The van der Waals surface area contributed by atoms with Crippen molar-refractivity contribution >= 4 is 12.1 Å². The number of alkyl halides is 3. The number of halogens is 3. The van der Waals surface area contributed by atoms with E-state index < -0.39 is 17.8 Å². The zero-order chi connectivity index (χ0) is 12.0. The van der Waals surface area contributed by atoms with Crippen LogP contribution in [-0.2, 0) is 4.79 Å². The van der Waals surface area contributed by atoms with Gasteiger partial charge < -0.3 is 5.11 Å². The van der Waals surface area contributed by atoms with Crippen LogP contribution in [0.25, 0.3) is 0 Å². The quantitative estimate of drug-likeness (QED) is 0.697. The summed E-state index contributed by atoms with van der Waals surface area (Å²) in [7, 11) is 0. The first-order valence-corrected chi connectivity index (χ1v) is 5.02. The first kappa shape index (κ1) is 11.4. The van der Waals surface area contributed by atoms with Crippen LogP contribution in [0.4, 0.5) is 13.2 Å². The van der Waals surface area contributed by atoms with Gasteiger partial charge in [0.15, 0.2) is 0 Å². The lowest BCUT2D eigenvalue weighted by Crippen LogP contribution is -2.59. The molecular weight excluding hydrogens is 225 g/mol. The lowest BCUT2D eigenvalue weighted by Gasteiger charge is -2.36. The van der Waals surface area contributed by atoms with E-state index in [0.717, 1.165) is 6.42 Å². The fourth-order valence-electron chi connectivity index (χ4n) is 2.35. The van der Waals surface area contributed by atoms with Crippen molar-refractivity contribution in [1.29, 1.82) is 0 Å². The van der Waals surface area contributed by atoms with Gasteiger partial charge in [0.2, 0.25) is 6.41 Å². The van der Waals surface area contributed by atoms with Gasteiger partial charge in [-0.05, 0) is 19.3 Å². The maximum atomic E-state index is 12.8. The fourth-order valence-corrected chi connectivity index (χ4v) is 2.35. The Morgan fingerprint density at radius 2 is 2.19 bits per heavy atom. The highest BCUT2D eigenvalue weighted by Gasteiger charge is 2.67. The van der Waals surface area contributed by atoms with E-state index in [-0.39, 0.29) is 23.6 Å². The molecule has 0 saturated heterocycles. The van der Waals surface area contributed by atoms with Gasteiger partial charge in [-0.3, -0.25) is 4.79 Å². The summed E-state index contributed by atoms with van der Waals surface area (Å²) in [5.41, 5.74) is -2.87. The second kappa shape index (κ2) is 3.44. The third-order valence-electron chi connectivity index (χ3n) is 3.17. The molecule has 0 radical (unpaired) electrons. The van der Waals surface area contributed by atoms with Crippen LogP contribution in [0.15, 0.2) is 5.10 Å². The van der Waals surface area contributed by atoms with Crippen LogP contribution in [0.5, 0.6) is 0 Å². The summed E-state index contributed by atoms with van der Waals surface area (Å²) in [4.78, 5) is 10.6. The zero-order valence-electron chi connectivity index (χ0n) is 8.37. The Labute approximate surface area is 89.7 Å². The van der Waals surface area contributed by atoms with Crippen molar-refractivity contribution in [1.82, 2.24) is 5.01 Å². The summed E-state index contributed by atoms with van der Waals surface area (Å²) >= 11 is 0. The van der Waals surface area contributed by atoms with Crippen molar-refractivity contribution in [2.45, 2.75) is 37.6 Å². The molecule has 1 saturated carbocycles. The van der Waals surface area contributed by atoms with E-state index in [1.54, 1.807) is 0 Å². The van der Waals surface area contributed by atoms with Gasteiger partial charge in [-0.1, -0.05) is 6.42 Å². The van der Waals surface area contributed by atoms with Crippen LogP contribution < -0.4 is 0 Å². The molecule has 16 heavy (non-hydrogen) atoms. The number of nitrogens with zero attached hydrogens (tertiary/aromatic N) is 2. The van der Waals surface area contributed by atoms with E-state index in [1.807, 2.05) is 0 Å². The second-order valence-corrected chi connectivity index (χ2v) is 4.06. The van der Waals surface area contributed by atoms with Gasteiger partial charge in [0.05, 0.1) is 5.92 Å². The van der Waals surface area contributed by atoms with E-state index in [9.17, 15) is 23.1 Å². The highest BCUT2D eigenvalue weighted by atomic mass is 19.4. The topological polar surface area (TPSA) is 52.9 Å². The third kappa shape index (κ3) is 1.34. The number of rotatable bonds is 1. The summed E-state index contributed by atoms with van der Waals surface area (Å²) in [6.07, 6.45) is -2.99. The Bertz CT molecular complexity index is 342. The Morgan fingerprint density at radius 3 is 2.75 bits per heavy atom. The number of fused-ring (bicyclic) bond motifs is 1. The lowest BCUT2D eigenvalue weighted by atomic mass is 9.80. The highest BCUT2D eigenvalue weighted by molar-refractivity contribution is 5.91. The SMILES string of the molecule is O=CN1N=C2CCCC[C@@H]2[C@@]1(O)C(F)(F)F. The molecule has 1 heterocycles. The summed E-state index contributed by atoms with van der Waals surface area (Å²) in [5.74, 6) is -1.11. The average molecular weight is 236 g/mol. The molecule has 90 valence electrons. The minimum atomic E-state index is -4.89. The smallest absolute Gasteiger partial charge is 0.362 e. The molecule has 0 aromatic carbocycles. The maximum absolute atomic E-state index is 12.8. The molecule has 1 amide bonds. The predicted molar refractivity (Wildman–Crippen MR) is 48.3 cm³/mol. The third-order valence-corrected chi connectivity index (χ3v) is 3.17. The molecule has 1 fully saturated rings. The zero-order valence-corrected chi connectivity index (χ0v) is 8.37. The van der Waals surface area contributed by atoms with E-state index >= 15 is 0 Å². The first-order chi connectivity index (χ1) is 7.41. The largest absolute Gasteiger partial charge is 0.439 e. The molecule has 1 aliphatic heterocycles. The molecule has 0 spiro atoms.